The molecule has 1 N–H and O–H groups in total. The molecule has 1 aliphatic heterocycles. The molecular formula is C25H27FN8O2S2. The Morgan fingerprint density at radius 2 is 2.13 bits per heavy atom. The Hall–Kier alpha value is -3.60. The molecule has 0 spiro atoms. The van der Waals surface area contributed by atoms with E-state index in [9.17, 15) is 19.6 Å². The van der Waals surface area contributed by atoms with Crippen molar-refractivity contribution in [3.05, 3.63) is 35.3 Å². The first kappa shape index (κ1) is 26.0. The quantitative estimate of drug-likeness (QED) is 0.322. The van der Waals surface area contributed by atoms with Gasteiger partial charge in [0, 0.05) is 31.7 Å². The lowest BCUT2D eigenvalue weighted by Crippen LogP contribution is -2.47. The van der Waals surface area contributed by atoms with Gasteiger partial charge in [-0.15, -0.1) is 5.10 Å². The number of hydrogen-bond donors (Lipinski definition) is 1. The third-order valence-electron chi connectivity index (χ3n) is 6.79. The van der Waals surface area contributed by atoms with E-state index in [1.807, 2.05) is 36.5 Å². The number of nitrogens with zero attached hydrogens (tertiary/aromatic N) is 8. The zero-order valence-electron chi connectivity index (χ0n) is 21.3. The maximum atomic E-state index is 13.7. The standard InChI is InChI=1S/C25H27FN8O2S2/c1-4-19-21(32(3)23-29-20(22(36)37-23)18-8-7-16(26)12-15(18)13-27)34-24(28-19)38-25(30-34)33-9-5-6-17(14-33)31(2)10-11-35/h7-8,11-12,17,36H,4-6,9-10,14H2,1-3H3. The molecule has 0 saturated carbocycles. The second-order valence-electron chi connectivity index (χ2n) is 9.17. The predicted molar refractivity (Wildman–Crippen MR) is 146 cm³/mol. The van der Waals surface area contributed by atoms with Gasteiger partial charge < -0.3 is 19.7 Å². The van der Waals surface area contributed by atoms with E-state index in [1.54, 1.807) is 0 Å². The van der Waals surface area contributed by atoms with Crippen LogP contribution in [0.15, 0.2) is 18.2 Å². The van der Waals surface area contributed by atoms with Gasteiger partial charge in [0.2, 0.25) is 15.2 Å². The van der Waals surface area contributed by atoms with Crippen LogP contribution in [-0.2, 0) is 11.2 Å². The lowest BCUT2D eigenvalue weighted by atomic mass is 10.1. The summed E-state index contributed by atoms with van der Waals surface area (Å²) in [6.07, 6.45) is 3.66. The van der Waals surface area contributed by atoms with Gasteiger partial charge >= 0.3 is 0 Å². The Bertz CT molecular complexity index is 1520. The molecule has 0 radical (unpaired) electrons. The molecule has 1 saturated heterocycles. The number of piperidine rings is 1. The fraction of sp³-hybridized carbons (Fsp3) is 0.400. The second-order valence-corrected chi connectivity index (χ2v) is 11.1. The summed E-state index contributed by atoms with van der Waals surface area (Å²) in [5.74, 6) is 0.220. The van der Waals surface area contributed by atoms with Crippen molar-refractivity contribution in [3.63, 3.8) is 0 Å². The number of carbonyl (C=O) groups excluding carboxylic acids is 1. The summed E-state index contributed by atoms with van der Waals surface area (Å²) in [5.41, 5.74) is 1.54. The number of thiazole rings is 1. The number of benzene rings is 1. The summed E-state index contributed by atoms with van der Waals surface area (Å²) in [6.45, 7) is 4.10. The third kappa shape index (κ3) is 4.70. The van der Waals surface area contributed by atoms with Gasteiger partial charge in [-0.25, -0.2) is 14.4 Å². The Morgan fingerprint density at radius 3 is 2.87 bits per heavy atom. The van der Waals surface area contributed by atoms with Gasteiger partial charge in [-0.05, 0) is 44.5 Å². The average Bonchev–Trinajstić information content (AvgIpc) is 3.60. The molecule has 1 aliphatic rings. The molecule has 4 aromatic rings. The fourth-order valence-corrected chi connectivity index (χ4v) is 6.49. The van der Waals surface area contributed by atoms with Crippen LogP contribution in [0.3, 0.4) is 0 Å². The van der Waals surface area contributed by atoms with Crippen LogP contribution >= 0.6 is 22.7 Å². The van der Waals surface area contributed by atoms with Gasteiger partial charge in [0.15, 0.2) is 10.9 Å². The number of anilines is 3. The predicted octanol–water partition coefficient (Wildman–Crippen LogP) is 4.06. The highest BCUT2D eigenvalue weighted by molar-refractivity contribution is 7.20. The van der Waals surface area contributed by atoms with Gasteiger partial charge in [-0.2, -0.15) is 9.78 Å². The number of aromatic nitrogens is 4. The first-order valence-electron chi connectivity index (χ1n) is 12.2. The summed E-state index contributed by atoms with van der Waals surface area (Å²) in [7, 11) is 3.81. The maximum Gasteiger partial charge on any atom is 0.216 e. The van der Waals surface area contributed by atoms with Gasteiger partial charge in [0.05, 0.1) is 23.9 Å². The van der Waals surface area contributed by atoms with E-state index >= 15 is 0 Å². The van der Waals surface area contributed by atoms with Crippen LogP contribution < -0.4 is 9.80 Å². The molecule has 0 bridgehead atoms. The number of nitriles is 1. The van der Waals surface area contributed by atoms with Crippen LogP contribution in [0.1, 0.15) is 31.0 Å². The van der Waals surface area contributed by atoms with Crippen LogP contribution in [-0.4, -0.2) is 75.6 Å². The van der Waals surface area contributed by atoms with E-state index in [-0.39, 0.29) is 22.4 Å². The van der Waals surface area contributed by atoms with Crippen molar-refractivity contribution in [3.8, 4) is 22.4 Å². The number of carbonyl (C=O) groups is 1. The average molecular weight is 555 g/mol. The molecule has 1 unspecified atom stereocenters. The number of aryl methyl sites for hydroxylation is 1. The summed E-state index contributed by atoms with van der Waals surface area (Å²) >= 11 is 2.59. The number of rotatable bonds is 8. The molecule has 1 aromatic carbocycles. The summed E-state index contributed by atoms with van der Waals surface area (Å²) in [4.78, 5) is 27.3. The van der Waals surface area contributed by atoms with Crippen molar-refractivity contribution >= 4 is 50.0 Å². The van der Waals surface area contributed by atoms with Crippen molar-refractivity contribution in [2.75, 3.05) is 43.5 Å². The minimum Gasteiger partial charge on any atom is -0.498 e. The number of imidazole rings is 1. The smallest absolute Gasteiger partial charge is 0.216 e. The molecule has 5 rings (SSSR count). The van der Waals surface area contributed by atoms with Crippen LogP contribution in [0.25, 0.3) is 16.2 Å². The van der Waals surface area contributed by atoms with Gasteiger partial charge in [-0.3, -0.25) is 4.90 Å². The fourth-order valence-electron chi connectivity index (χ4n) is 4.75. The van der Waals surface area contributed by atoms with Crippen molar-refractivity contribution < 1.29 is 14.3 Å². The third-order valence-corrected chi connectivity index (χ3v) is 8.69. The zero-order chi connectivity index (χ0) is 27.0. The van der Waals surface area contributed by atoms with Crippen molar-refractivity contribution in [2.24, 2.45) is 0 Å². The summed E-state index contributed by atoms with van der Waals surface area (Å²) in [5, 5.41) is 26.4. The van der Waals surface area contributed by atoms with E-state index < -0.39 is 5.82 Å². The lowest BCUT2D eigenvalue weighted by molar-refractivity contribution is -0.109. The van der Waals surface area contributed by atoms with Crippen LogP contribution in [0, 0.1) is 17.1 Å². The SMILES string of the molecule is CCc1nc2sc(N3CCCC(N(C)CC=O)C3)nn2c1N(C)c1nc(-c2ccc(F)cc2C#N)c(O)s1. The van der Waals surface area contributed by atoms with Crippen molar-refractivity contribution in [2.45, 2.75) is 32.2 Å². The number of aldehydes is 1. The van der Waals surface area contributed by atoms with E-state index in [2.05, 4.69) is 14.8 Å². The highest BCUT2D eigenvalue weighted by Crippen LogP contribution is 2.42. The lowest BCUT2D eigenvalue weighted by Gasteiger charge is -2.36. The Morgan fingerprint density at radius 1 is 1.32 bits per heavy atom. The Labute approximate surface area is 227 Å². The van der Waals surface area contributed by atoms with E-state index in [0.717, 1.165) is 71.2 Å². The molecule has 10 nitrogen and oxygen atoms in total. The number of halogens is 1. The Balaban J connectivity index is 1.48. The normalized spacial score (nSPS) is 15.8. The largest absolute Gasteiger partial charge is 0.498 e. The molecule has 3 aromatic heterocycles. The molecule has 4 heterocycles. The van der Waals surface area contributed by atoms with Crippen LogP contribution in [0.2, 0.25) is 0 Å². The molecule has 0 amide bonds. The number of hydrogen-bond acceptors (Lipinski definition) is 11. The van der Waals surface area contributed by atoms with Gasteiger partial charge in [0.1, 0.15) is 17.8 Å². The monoisotopic (exact) mass is 554 g/mol. The van der Waals surface area contributed by atoms with Crippen molar-refractivity contribution in [1.29, 1.82) is 5.26 Å². The first-order chi connectivity index (χ1) is 18.3. The minimum absolute atomic E-state index is 0.0634. The molecule has 13 heteroatoms. The zero-order valence-corrected chi connectivity index (χ0v) is 22.9. The van der Waals surface area contributed by atoms with Crippen LogP contribution in [0.4, 0.5) is 20.5 Å². The highest BCUT2D eigenvalue weighted by atomic mass is 32.1. The summed E-state index contributed by atoms with van der Waals surface area (Å²) in [6, 6.07) is 6.08. The summed E-state index contributed by atoms with van der Waals surface area (Å²) < 4.78 is 15.5. The molecule has 0 aliphatic carbocycles. The minimum atomic E-state index is -0.527. The maximum absolute atomic E-state index is 13.7. The van der Waals surface area contributed by atoms with E-state index in [0.29, 0.717) is 23.7 Å². The van der Waals surface area contributed by atoms with Crippen molar-refractivity contribution in [1.82, 2.24) is 24.5 Å². The molecule has 38 heavy (non-hydrogen) atoms. The molecule has 198 valence electrons. The van der Waals surface area contributed by atoms with Gasteiger partial charge in [0.25, 0.3) is 0 Å². The van der Waals surface area contributed by atoms with E-state index in [4.69, 9.17) is 10.1 Å². The van der Waals surface area contributed by atoms with Crippen LogP contribution in [0.5, 0.6) is 5.06 Å². The second kappa shape index (κ2) is 10.6. The number of aromatic hydroxyl groups is 1. The number of fused-ring (bicyclic) bond motifs is 1. The molecule has 1 fully saturated rings. The molecule has 1 atom stereocenters. The highest BCUT2D eigenvalue weighted by Gasteiger charge is 2.28. The van der Waals surface area contributed by atoms with E-state index in [1.165, 1.54) is 23.5 Å². The topological polar surface area (TPSA) is 114 Å². The number of likely N-dealkylation sites (N-methyl/N-ethyl adjacent to an activating group) is 1. The first-order valence-corrected chi connectivity index (χ1v) is 13.9. The van der Waals surface area contributed by atoms with Gasteiger partial charge in [-0.1, -0.05) is 29.6 Å². The Kier molecular flexibility index (Phi) is 7.29. The molecular weight excluding hydrogens is 527 g/mol.